The van der Waals surface area contributed by atoms with Crippen LogP contribution in [-0.4, -0.2) is 14.3 Å². The van der Waals surface area contributed by atoms with E-state index in [1.54, 1.807) is 18.2 Å². The summed E-state index contributed by atoms with van der Waals surface area (Å²) in [5.74, 6) is -0.120. The minimum Gasteiger partial charge on any atom is -0.326 e. The van der Waals surface area contributed by atoms with Crippen molar-refractivity contribution in [2.24, 2.45) is 0 Å². The Morgan fingerprint density at radius 2 is 1.67 bits per heavy atom. The highest BCUT2D eigenvalue weighted by molar-refractivity contribution is 7.90. The largest absolute Gasteiger partial charge is 0.326 e. The third-order valence-corrected chi connectivity index (χ3v) is 5.68. The predicted octanol–water partition coefficient (Wildman–Crippen LogP) is 3.80. The maximum Gasteiger partial charge on any atom is 0.228 e. The Labute approximate surface area is 143 Å². The van der Waals surface area contributed by atoms with E-state index in [4.69, 9.17) is 0 Å². The van der Waals surface area contributed by atoms with E-state index >= 15 is 0 Å². The highest BCUT2D eigenvalue weighted by Crippen LogP contribution is 2.28. The molecule has 0 fully saturated rings. The molecule has 2 aromatic carbocycles. The van der Waals surface area contributed by atoms with Crippen LogP contribution in [0.1, 0.15) is 36.1 Å². The second-order valence-corrected chi connectivity index (χ2v) is 7.66. The van der Waals surface area contributed by atoms with Gasteiger partial charge in [0.05, 0.1) is 17.1 Å². The molecule has 0 spiro atoms. The minimum absolute atomic E-state index is 0.0222. The number of hydrogen-bond donors (Lipinski definition) is 1. The minimum atomic E-state index is -3.44. The third-order valence-electron chi connectivity index (χ3n) is 4.04. The van der Waals surface area contributed by atoms with Gasteiger partial charge in [-0.05, 0) is 54.3 Å². The number of carbonyl (C=O) groups is 1. The van der Waals surface area contributed by atoms with Crippen LogP contribution in [0, 0.1) is 13.8 Å². The van der Waals surface area contributed by atoms with Crippen LogP contribution >= 0.6 is 0 Å². The highest BCUT2D eigenvalue weighted by atomic mass is 32.2. The lowest BCUT2D eigenvalue weighted by atomic mass is 10.1. The van der Waals surface area contributed by atoms with Crippen LogP contribution in [0.3, 0.4) is 0 Å². The number of aryl methyl sites for hydroxylation is 2. The van der Waals surface area contributed by atoms with E-state index in [0.717, 1.165) is 22.3 Å². The lowest BCUT2D eigenvalue weighted by Gasteiger charge is -2.11. The number of carbonyl (C=O) groups excluding carboxylic acids is 1. The van der Waals surface area contributed by atoms with E-state index < -0.39 is 9.84 Å². The van der Waals surface area contributed by atoms with E-state index in [-0.39, 0.29) is 23.0 Å². The van der Waals surface area contributed by atoms with Gasteiger partial charge in [0.15, 0.2) is 9.84 Å². The summed E-state index contributed by atoms with van der Waals surface area (Å²) in [6.45, 7) is 7.84. The first-order valence-corrected chi connectivity index (χ1v) is 9.73. The summed E-state index contributed by atoms with van der Waals surface area (Å²) in [6.07, 6.45) is 0.238. The molecule has 0 aliphatic carbocycles. The van der Waals surface area contributed by atoms with Crippen LogP contribution in [0.5, 0.6) is 0 Å². The molecule has 0 bridgehead atoms. The molecule has 0 atom stereocenters. The quantitative estimate of drug-likeness (QED) is 0.920. The first-order valence-electron chi connectivity index (χ1n) is 8.07. The fourth-order valence-electron chi connectivity index (χ4n) is 2.75. The van der Waals surface area contributed by atoms with Gasteiger partial charge in [0.1, 0.15) is 0 Å². The monoisotopic (exact) mass is 345 g/mol. The molecule has 1 aliphatic heterocycles. The predicted molar refractivity (Wildman–Crippen MR) is 96.9 cm³/mol. The number of rotatable bonds is 3. The van der Waals surface area contributed by atoms with E-state index in [9.17, 15) is 13.2 Å². The summed E-state index contributed by atoms with van der Waals surface area (Å²) >= 11 is 0. The lowest BCUT2D eigenvalue weighted by Crippen LogP contribution is -2.08. The molecule has 1 heterocycles. The van der Waals surface area contributed by atoms with E-state index in [1.165, 1.54) is 0 Å². The number of amides is 1. The van der Waals surface area contributed by atoms with E-state index in [2.05, 4.69) is 5.32 Å². The second-order valence-electron chi connectivity index (χ2n) is 5.67. The zero-order chi connectivity index (χ0) is 17.9. The molecule has 1 N–H and O–H groups in total. The summed E-state index contributed by atoms with van der Waals surface area (Å²) in [7, 11) is -3.44. The molecule has 0 unspecified atom stereocenters. The second kappa shape index (κ2) is 7.18. The smallest absolute Gasteiger partial charge is 0.228 e. The summed E-state index contributed by atoms with van der Waals surface area (Å²) in [5.41, 5.74) is 4.24. The van der Waals surface area contributed by atoms with Crippen LogP contribution in [0.25, 0.3) is 0 Å². The van der Waals surface area contributed by atoms with Gasteiger partial charge in [-0.15, -0.1) is 0 Å². The topological polar surface area (TPSA) is 63.2 Å². The number of fused-ring (bicyclic) bond motifs is 1. The van der Waals surface area contributed by atoms with Gasteiger partial charge in [-0.1, -0.05) is 32.0 Å². The molecule has 5 heteroatoms. The van der Waals surface area contributed by atoms with Crippen molar-refractivity contribution in [2.45, 2.75) is 44.8 Å². The lowest BCUT2D eigenvalue weighted by molar-refractivity contribution is -0.115. The molecular formula is C19H23NO3S. The average molecular weight is 345 g/mol. The molecule has 0 radical (unpaired) electrons. The van der Waals surface area contributed by atoms with Gasteiger partial charge in [-0.3, -0.25) is 4.79 Å². The van der Waals surface area contributed by atoms with Crippen molar-refractivity contribution in [3.8, 4) is 0 Å². The molecule has 1 aliphatic rings. The fourth-order valence-corrected chi connectivity index (χ4v) is 4.35. The summed E-state index contributed by atoms with van der Waals surface area (Å²) in [4.78, 5) is 11.6. The maximum absolute atomic E-state index is 12.7. The summed E-state index contributed by atoms with van der Waals surface area (Å²) < 4.78 is 25.4. The Morgan fingerprint density at radius 1 is 1.04 bits per heavy atom. The van der Waals surface area contributed by atoms with Crippen molar-refractivity contribution < 1.29 is 13.2 Å². The van der Waals surface area contributed by atoms with Crippen molar-refractivity contribution in [2.75, 3.05) is 5.32 Å². The SMILES string of the molecule is CC.Cc1cccc(C)c1CS(=O)(=O)c1ccc2c(c1)CC(=O)N2. The van der Waals surface area contributed by atoms with Crippen molar-refractivity contribution in [1.82, 2.24) is 0 Å². The van der Waals surface area contributed by atoms with Crippen LogP contribution < -0.4 is 5.32 Å². The fraction of sp³-hybridized carbons (Fsp3) is 0.316. The number of nitrogens with one attached hydrogen (secondary N) is 1. The molecular weight excluding hydrogens is 322 g/mol. The van der Waals surface area contributed by atoms with Gasteiger partial charge in [0, 0.05) is 5.69 Å². The maximum atomic E-state index is 12.7. The average Bonchev–Trinajstić information content (AvgIpc) is 2.92. The van der Waals surface area contributed by atoms with Gasteiger partial charge < -0.3 is 5.32 Å². The third kappa shape index (κ3) is 3.67. The molecule has 1 amide bonds. The van der Waals surface area contributed by atoms with Crippen molar-refractivity contribution in [3.63, 3.8) is 0 Å². The van der Waals surface area contributed by atoms with Crippen molar-refractivity contribution in [1.29, 1.82) is 0 Å². The Kier molecular flexibility index (Phi) is 5.44. The zero-order valence-electron chi connectivity index (χ0n) is 14.5. The Hall–Kier alpha value is -2.14. The molecule has 0 saturated carbocycles. The zero-order valence-corrected chi connectivity index (χ0v) is 15.3. The first-order chi connectivity index (χ1) is 11.4. The van der Waals surface area contributed by atoms with Gasteiger partial charge in [-0.25, -0.2) is 8.42 Å². The van der Waals surface area contributed by atoms with Crippen LogP contribution in [0.4, 0.5) is 5.69 Å². The number of sulfone groups is 1. The van der Waals surface area contributed by atoms with Gasteiger partial charge in [0.25, 0.3) is 0 Å². The van der Waals surface area contributed by atoms with Gasteiger partial charge >= 0.3 is 0 Å². The van der Waals surface area contributed by atoms with E-state index in [1.807, 2.05) is 45.9 Å². The number of benzene rings is 2. The normalized spacial score (nSPS) is 12.9. The highest BCUT2D eigenvalue weighted by Gasteiger charge is 2.23. The van der Waals surface area contributed by atoms with Crippen LogP contribution in [0.2, 0.25) is 0 Å². The molecule has 24 heavy (non-hydrogen) atoms. The van der Waals surface area contributed by atoms with Gasteiger partial charge in [0.2, 0.25) is 5.91 Å². The summed E-state index contributed by atoms with van der Waals surface area (Å²) in [6, 6.07) is 10.6. The molecule has 128 valence electrons. The molecule has 0 aromatic heterocycles. The van der Waals surface area contributed by atoms with Crippen molar-refractivity contribution >= 4 is 21.4 Å². The molecule has 0 saturated heterocycles. The van der Waals surface area contributed by atoms with Gasteiger partial charge in [-0.2, -0.15) is 0 Å². The molecule has 2 aromatic rings. The van der Waals surface area contributed by atoms with Crippen LogP contribution in [-0.2, 0) is 26.8 Å². The first kappa shape index (κ1) is 18.2. The Morgan fingerprint density at radius 3 is 2.29 bits per heavy atom. The van der Waals surface area contributed by atoms with Crippen molar-refractivity contribution in [3.05, 3.63) is 58.7 Å². The number of anilines is 1. The standard InChI is InChI=1S/C17H17NO3S.C2H6/c1-11-4-3-5-12(2)15(11)10-22(20,21)14-6-7-16-13(8-14)9-17(19)18-16;1-2/h3-8H,9-10H2,1-2H3,(H,18,19);1-2H3. The molecule has 4 nitrogen and oxygen atoms in total. The van der Waals surface area contributed by atoms with Crippen LogP contribution in [0.15, 0.2) is 41.3 Å². The number of hydrogen-bond acceptors (Lipinski definition) is 3. The van der Waals surface area contributed by atoms with E-state index in [0.29, 0.717) is 5.69 Å². The summed E-state index contributed by atoms with van der Waals surface area (Å²) in [5, 5.41) is 2.71. The molecule has 3 rings (SSSR count). The Balaban J connectivity index is 0.00000100. The Bertz CT molecular complexity index is 850.